The van der Waals surface area contributed by atoms with Crippen molar-refractivity contribution in [1.29, 1.82) is 0 Å². The number of cyclic esters (lactones) is 1. The molecule has 1 aromatic heterocycles. The number of anilines is 2. The Bertz CT molecular complexity index is 1280. The highest BCUT2D eigenvalue weighted by molar-refractivity contribution is 7.14. The summed E-state index contributed by atoms with van der Waals surface area (Å²) in [6.07, 6.45) is 1.55. The Labute approximate surface area is 189 Å². The first-order chi connectivity index (χ1) is 15.4. The Morgan fingerprint density at radius 1 is 1.19 bits per heavy atom. The van der Waals surface area contributed by atoms with E-state index in [1.54, 1.807) is 47.7 Å². The van der Waals surface area contributed by atoms with Crippen molar-refractivity contribution < 1.29 is 19.1 Å². The molecule has 162 valence electrons. The highest BCUT2D eigenvalue weighted by Crippen LogP contribution is 2.33. The number of hydrogen-bond acceptors (Lipinski definition) is 7. The number of carbonyl (C=O) groups is 2. The molecule has 0 aliphatic carbocycles. The quantitative estimate of drug-likeness (QED) is 0.415. The molecular weight excluding hydrogens is 426 g/mol. The van der Waals surface area contributed by atoms with Crippen molar-refractivity contribution in [1.82, 2.24) is 4.98 Å². The largest absolute Gasteiger partial charge is 0.497 e. The van der Waals surface area contributed by atoms with Gasteiger partial charge in [0.1, 0.15) is 5.75 Å². The lowest BCUT2D eigenvalue weighted by molar-refractivity contribution is -0.130. The van der Waals surface area contributed by atoms with Gasteiger partial charge in [-0.15, -0.1) is 11.3 Å². The van der Waals surface area contributed by atoms with Gasteiger partial charge in [-0.05, 0) is 55.3 Å². The van der Waals surface area contributed by atoms with Gasteiger partial charge in [-0.25, -0.2) is 14.8 Å². The first kappa shape index (κ1) is 21.5. The van der Waals surface area contributed by atoms with Gasteiger partial charge in [-0.3, -0.25) is 9.69 Å². The maximum atomic E-state index is 12.4. The molecular formula is C24H21N3O4S. The fourth-order valence-electron chi connectivity index (χ4n) is 3.26. The Morgan fingerprint density at radius 2 is 1.97 bits per heavy atom. The summed E-state index contributed by atoms with van der Waals surface area (Å²) in [5, 5.41) is 2.29. The number of nitrogens with zero attached hydrogens (tertiary/aromatic N) is 3. The number of benzene rings is 2. The van der Waals surface area contributed by atoms with E-state index >= 15 is 0 Å². The average molecular weight is 448 g/mol. The number of aromatic nitrogens is 1. The SMILES string of the molecule is COc1cccc(C2=N/C(=C\c3csc(N(C(C)=O)c4cccc(C)c4C)n3)C(=O)O2)c1. The summed E-state index contributed by atoms with van der Waals surface area (Å²) in [7, 11) is 1.56. The highest BCUT2D eigenvalue weighted by atomic mass is 32.1. The molecule has 1 aliphatic rings. The van der Waals surface area contributed by atoms with Gasteiger partial charge in [-0.1, -0.05) is 18.2 Å². The summed E-state index contributed by atoms with van der Waals surface area (Å²) in [5.74, 6) is 0.135. The van der Waals surface area contributed by atoms with E-state index in [0.29, 0.717) is 22.1 Å². The second kappa shape index (κ2) is 8.76. The molecule has 0 saturated heterocycles. The molecule has 0 fully saturated rings. The van der Waals surface area contributed by atoms with E-state index in [4.69, 9.17) is 9.47 Å². The Hall–Kier alpha value is -3.78. The first-order valence-electron chi connectivity index (χ1n) is 9.87. The Kier molecular flexibility index (Phi) is 5.87. The minimum Gasteiger partial charge on any atom is -0.497 e. The zero-order valence-corrected chi connectivity index (χ0v) is 18.9. The molecule has 2 heterocycles. The lowest BCUT2D eigenvalue weighted by Crippen LogP contribution is -2.23. The van der Waals surface area contributed by atoms with Crippen LogP contribution < -0.4 is 9.64 Å². The van der Waals surface area contributed by atoms with Crippen LogP contribution in [-0.4, -0.2) is 29.9 Å². The molecule has 0 N–H and O–H groups in total. The van der Waals surface area contributed by atoms with Gasteiger partial charge < -0.3 is 9.47 Å². The average Bonchev–Trinajstić information content (AvgIpc) is 3.38. The van der Waals surface area contributed by atoms with E-state index in [9.17, 15) is 9.59 Å². The predicted molar refractivity (Wildman–Crippen MR) is 124 cm³/mol. The number of hydrogen-bond donors (Lipinski definition) is 0. The number of aliphatic imine (C=N–C) groups is 1. The maximum Gasteiger partial charge on any atom is 0.363 e. The number of aryl methyl sites for hydroxylation is 1. The van der Waals surface area contributed by atoms with Crippen LogP contribution in [-0.2, 0) is 14.3 Å². The summed E-state index contributed by atoms with van der Waals surface area (Å²) >= 11 is 1.31. The van der Waals surface area contributed by atoms with Crippen LogP contribution in [0.1, 0.15) is 29.3 Å². The second-order valence-electron chi connectivity index (χ2n) is 7.20. The molecule has 0 unspecified atom stereocenters. The lowest BCUT2D eigenvalue weighted by Gasteiger charge is -2.21. The molecule has 3 aromatic rings. The molecule has 0 bridgehead atoms. The van der Waals surface area contributed by atoms with E-state index in [1.165, 1.54) is 18.3 Å². The van der Waals surface area contributed by atoms with Crippen LogP contribution in [0.3, 0.4) is 0 Å². The summed E-state index contributed by atoms with van der Waals surface area (Å²) in [6.45, 7) is 5.47. The van der Waals surface area contributed by atoms with E-state index in [1.807, 2.05) is 32.0 Å². The Morgan fingerprint density at radius 3 is 2.72 bits per heavy atom. The number of carbonyl (C=O) groups excluding carboxylic acids is 2. The molecule has 0 atom stereocenters. The van der Waals surface area contributed by atoms with Gasteiger partial charge in [-0.2, -0.15) is 0 Å². The van der Waals surface area contributed by atoms with Crippen LogP contribution in [0.15, 0.2) is 58.5 Å². The first-order valence-corrected chi connectivity index (χ1v) is 10.7. The number of methoxy groups -OCH3 is 1. The molecule has 4 rings (SSSR count). The maximum absolute atomic E-state index is 12.4. The molecule has 0 radical (unpaired) electrons. The van der Waals surface area contributed by atoms with Crippen LogP contribution >= 0.6 is 11.3 Å². The van der Waals surface area contributed by atoms with Crippen molar-refractivity contribution in [3.63, 3.8) is 0 Å². The summed E-state index contributed by atoms with van der Waals surface area (Å²) in [4.78, 5) is 35.2. The molecule has 1 aliphatic heterocycles. The highest BCUT2D eigenvalue weighted by Gasteiger charge is 2.25. The summed E-state index contributed by atoms with van der Waals surface area (Å²) in [6, 6.07) is 12.9. The minimum atomic E-state index is -0.560. The van der Waals surface area contributed by atoms with Crippen LogP contribution in [0.25, 0.3) is 6.08 Å². The Balaban J connectivity index is 1.65. The second-order valence-corrected chi connectivity index (χ2v) is 8.03. The molecule has 0 saturated carbocycles. The van der Waals surface area contributed by atoms with E-state index in [0.717, 1.165) is 16.8 Å². The van der Waals surface area contributed by atoms with Crippen LogP contribution in [0.2, 0.25) is 0 Å². The van der Waals surface area contributed by atoms with Crippen molar-refractivity contribution >= 4 is 46.0 Å². The minimum absolute atomic E-state index is 0.140. The van der Waals surface area contributed by atoms with Crippen molar-refractivity contribution in [2.75, 3.05) is 12.0 Å². The van der Waals surface area contributed by atoms with Crippen LogP contribution in [0.4, 0.5) is 10.8 Å². The third-order valence-electron chi connectivity index (χ3n) is 5.05. The van der Waals surface area contributed by atoms with Crippen molar-refractivity contribution in [2.24, 2.45) is 4.99 Å². The fraction of sp³-hybridized carbons (Fsp3) is 0.167. The lowest BCUT2D eigenvalue weighted by atomic mass is 10.1. The van der Waals surface area contributed by atoms with Crippen molar-refractivity contribution in [2.45, 2.75) is 20.8 Å². The van der Waals surface area contributed by atoms with Gasteiger partial charge in [0.25, 0.3) is 0 Å². The van der Waals surface area contributed by atoms with E-state index in [2.05, 4.69) is 9.98 Å². The van der Waals surface area contributed by atoms with Gasteiger partial charge in [0, 0.05) is 17.9 Å². The number of ether oxygens (including phenoxy) is 2. The van der Waals surface area contributed by atoms with Crippen molar-refractivity contribution in [3.8, 4) is 5.75 Å². The topological polar surface area (TPSA) is 81.1 Å². The number of thiazole rings is 1. The van der Waals surface area contributed by atoms with Crippen LogP contribution in [0.5, 0.6) is 5.75 Å². The number of esters is 1. The third kappa shape index (κ3) is 4.17. The van der Waals surface area contributed by atoms with Gasteiger partial charge >= 0.3 is 5.97 Å². The summed E-state index contributed by atoms with van der Waals surface area (Å²) < 4.78 is 10.5. The molecule has 7 nitrogen and oxygen atoms in total. The van der Waals surface area contributed by atoms with Gasteiger partial charge in [0.05, 0.1) is 18.5 Å². The monoisotopic (exact) mass is 447 g/mol. The zero-order chi connectivity index (χ0) is 22.8. The standard InChI is InChI=1S/C24H21N3O4S/c1-14-7-5-10-21(15(14)2)27(16(3)28)24-25-18(13-32-24)12-20-23(29)31-22(26-20)17-8-6-9-19(11-17)30-4/h5-13H,1-4H3/b20-12-. The fourth-order valence-corrected chi connectivity index (χ4v) is 4.10. The molecule has 8 heteroatoms. The van der Waals surface area contributed by atoms with Gasteiger partial charge in [0.15, 0.2) is 10.8 Å². The summed E-state index contributed by atoms with van der Waals surface area (Å²) in [5.41, 5.74) is 4.16. The number of rotatable bonds is 5. The third-order valence-corrected chi connectivity index (χ3v) is 5.90. The zero-order valence-electron chi connectivity index (χ0n) is 18.1. The normalized spacial score (nSPS) is 14.3. The predicted octanol–water partition coefficient (Wildman–Crippen LogP) is 4.80. The molecule has 2 aromatic carbocycles. The number of amides is 1. The van der Waals surface area contributed by atoms with Gasteiger partial charge in [0.2, 0.25) is 11.8 Å². The van der Waals surface area contributed by atoms with E-state index < -0.39 is 5.97 Å². The molecule has 1 amide bonds. The van der Waals surface area contributed by atoms with Crippen molar-refractivity contribution in [3.05, 3.63) is 75.9 Å². The molecule has 0 spiro atoms. The molecule has 32 heavy (non-hydrogen) atoms. The van der Waals surface area contributed by atoms with E-state index in [-0.39, 0.29) is 17.5 Å². The van der Waals surface area contributed by atoms with Crippen LogP contribution in [0, 0.1) is 13.8 Å². The smallest absolute Gasteiger partial charge is 0.363 e.